The van der Waals surface area contributed by atoms with Gasteiger partial charge >= 0.3 is 0 Å². The van der Waals surface area contributed by atoms with Gasteiger partial charge in [-0.1, -0.05) is 26.2 Å². The van der Waals surface area contributed by atoms with Crippen LogP contribution in [0.1, 0.15) is 49.4 Å². The lowest BCUT2D eigenvalue weighted by Crippen LogP contribution is -2.42. The fourth-order valence-corrected chi connectivity index (χ4v) is 3.85. The minimum atomic E-state index is -3.76. The summed E-state index contributed by atoms with van der Waals surface area (Å²) in [6.45, 7) is 2.66. The van der Waals surface area contributed by atoms with E-state index >= 15 is 0 Å². The second kappa shape index (κ2) is 13.4. The maximum atomic E-state index is 12.2. The Bertz CT molecular complexity index is 992. The van der Waals surface area contributed by atoms with E-state index in [-0.39, 0.29) is 17.9 Å². The molecule has 0 atom stereocenters. The molecule has 2 aromatic rings. The smallest absolute Gasteiger partial charge is 0.269 e. The number of hydrazine groups is 1. The van der Waals surface area contributed by atoms with Crippen LogP contribution in [-0.4, -0.2) is 40.5 Å². The molecule has 0 saturated heterocycles. The number of nitrogens with one attached hydrogen (secondary N) is 3. The summed E-state index contributed by atoms with van der Waals surface area (Å²) in [4.78, 5) is 24.2. The number of hydrogen-bond donors (Lipinski definition) is 3. The average molecular weight is 478 g/mol. The number of hydrogen-bond acceptors (Lipinski definition) is 6. The Morgan fingerprint density at radius 3 is 2.18 bits per heavy atom. The van der Waals surface area contributed by atoms with E-state index < -0.39 is 21.8 Å². The molecule has 0 aromatic heterocycles. The van der Waals surface area contributed by atoms with Crippen LogP contribution in [0.25, 0.3) is 0 Å². The lowest BCUT2D eigenvalue weighted by atomic mass is 10.2. The Kier molecular flexibility index (Phi) is 10.6. The summed E-state index contributed by atoms with van der Waals surface area (Å²) in [5.41, 5.74) is 4.93. The molecule has 3 N–H and O–H groups in total. The molecule has 0 aliphatic rings. The van der Waals surface area contributed by atoms with Gasteiger partial charge in [0.05, 0.1) is 18.6 Å². The Balaban J connectivity index is 1.70. The van der Waals surface area contributed by atoms with Gasteiger partial charge in [0.25, 0.3) is 5.91 Å². The van der Waals surface area contributed by atoms with Gasteiger partial charge in [-0.2, -0.15) is 0 Å². The highest BCUT2D eigenvalue weighted by molar-refractivity contribution is 7.89. The van der Waals surface area contributed by atoms with Crippen molar-refractivity contribution in [3.63, 3.8) is 0 Å². The lowest BCUT2D eigenvalue weighted by Gasteiger charge is -2.10. The third kappa shape index (κ3) is 9.11. The van der Waals surface area contributed by atoms with Crippen molar-refractivity contribution in [3.8, 4) is 11.5 Å². The van der Waals surface area contributed by atoms with Gasteiger partial charge in [0, 0.05) is 18.5 Å². The van der Waals surface area contributed by atoms with Gasteiger partial charge in [-0.15, -0.1) is 0 Å². The minimum absolute atomic E-state index is 0.0606. The zero-order valence-corrected chi connectivity index (χ0v) is 19.7. The minimum Gasteiger partial charge on any atom is -0.497 e. The van der Waals surface area contributed by atoms with Crippen LogP contribution in [0.2, 0.25) is 0 Å². The zero-order valence-electron chi connectivity index (χ0n) is 18.9. The molecule has 2 rings (SSSR count). The molecule has 0 aliphatic heterocycles. The number of unbranched alkanes of at least 4 members (excludes halogenated alkanes) is 3. The van der Waals surface area contributed by atoms with Crippen LogP contribution in [0.15, 0.2) is 53.4 Å². The highest BCUT2D eigenvalue weighted by Gasteiger charge is 2.14. The molecule has 2 amide bonds. The van der Waals surface area contributed by atoms with E-state index in [1.165, 1.54) is 44.2 Å². The summed E-state index contributed by atoms with van der Waals surface area (Å²) in [5, 5.41) is 0. The predicted molar refractivity (Wildman–Crippen MR) is 124 cm³/mol. The number of sulfonamides is 1. The standard InChI is InChI=1S/C23H31N3O6S/c1-3-4-5-6-17-32-20-9-7-18(8-10-20)23(28)26-25-22(27)15-16-24-33(29,30)21-13-11-19(31-2)12-14-21/h7-14,24H,3-6,15-17H2,1-2H3,(H,25,27)(H,26,28). The number of benzene rings is 2. The van der Waals surface area contributed by atoms with E-state index in [4.69, 9.17) is 9.47 Å². The summed E-state index contributed by atoms with van der Waals surface area (Å²) in [6.07, 6.45) is 4.31. The van der Waals surface area contributed by atoms with E-state index in [0.29, 0.717) is 23.7 Å². The average Bonchev–Trinajstić information content (AvgIpc) is 2.82. The third-order valence-corrected chi connectivity index (χ3v) is 6.19. The number of carbonyl (C=O) groups excluding carboxylic acids is 2. The van der Waals surface area contributed by atoms with Crippen molar-refractivity contribution in [2.45, 2.75) is 43.9 Å². The Morgan fingerprint density at radius 2 is 1.55 bits per heavy atom. The number of rotatable bonds is 13. The monoisotopic (exact) mass is 477 g/mol. The van der Waals surface area contributed by atoms with E-state index in [1.54, 1.807) is 24.3 Å². The van der Waals surface area contributed by atoms with Gasteiger partial charge in [0.1, 0.15) is 11.5 Å². The van der Waals surface area contributed by atoms with Crippen LogP contribution >= 0.6 is 0 Å². The molecular weight excluding hydrogens is 446 g/mol. The topological polar surface area (TPSA) is 123 Å². The van der Waals surface area contributed by atoms with E-state index in [1.807, 2.05) is 0 Å². The van der Waals surface area contributed by atoms with Crippen molar-refractivity contribution in [1.82, 2.24) is 15.6 Å². The predicted octanol–water partition coefficient (Wildman–Crippen LogP) is 2.78. The van der Waals surface area contributed by atoms with Crippen LogP contribution in [0.5, 0.6) is 11.5 Å². The van der Waals surface area contributed by atoms with Crippen LogP contribution in [0.3, 0.4) is 0 Å². The van der Waals surface area contributed by atoms with Crippen LogP contribution < -0.4 is 25.0 Å². The highest BCUT2D eigenvalue weighted by Crippen LogP contribution is 2.15. The van der Waals surface area contributed by atoms with Crippen LogP contribution in [0.4, 0.5) is 0 Å². The molecule has 10 heteroatoms. The molecule has 180 valence electrons. The van der Waals surface area contributed by atoms with Crippen molar-refractivity contribution in [3.05, 3.63) is 54.1 Å². The molecule has 0 spiro atoms. The maximum Gasteiger partial charge on any atom is 0.269 e. The molecule has 0 aliphatic carbocycles. The molecular formula is C23H31N3O6S. The molecule has 0 fully saturated rings. The van der Waals surface area contributed by atoms with E-state index in [9.17, 15) is 18.0 Å². The molecule has 0 heterocycles. The molecule has 0 bridgehead atoms. The number of carbonyl (C=O) groups is 2. The Hall–Kier alpha value is -3.11. The van der Waals surface area contributed by atoms with Crippen molar-refractivity contribution >= 4 is 21.8 Å². The third-order valence-electron chi connectivity index (χ3n) is 4.71. The normalized spacial score (nSPS) is 11.0. The van der Waals surface area contributed by atoms with Crippen molar-refractivity contribution in [1.29, 1.82) is 0 Å². The first kappa shape index (κ1) is 26.1. The maximum absolute atomic E-state index is 12.2. The second-order valence-corrected chi connectivity index (χ2v) is 9.03. The van der Waals surface area contributed by atoms with Gasteiger partial charge in [0.15, 0.2) is 0 Å². The summed E-state index contributed by atoms with van der Waals surface area (Å²) in [7, 11) is -2.27. The number of amides is 2. The largest absolute Gasteiger partial charge is 0.497 e. The van der Waals surface area contributed by atoms with Gasteiger partial charge in [-0.05, 0) is 55.0 Å². The van der Waals surface area contributed by atoms with Crippen molar-refractivity contribution < 1.29 is 27.5 Å². The number of ether oxygens (including phenoxy) is 2. The number of methoxy groups -OCH3 is 1. The summed E-state index contributed by atoms with van der Waals surface area (Å²) >= 11 is 0. The molecule has 9 nitrogen and oxygen atoms in total. The highest BCUT2D eigenvalue weighted by atomic mass is 32.2. The summed E-state index contributed by atoms with van der Waals surface area (Å²) < 4.78 is 37.5. The fourth-order valence-electron chi connectivity index (χ4n) is 2.82. The Morgan fingerprint density at radius 1 is 0.879 bits per heavy atom. The summed E-state index contributed by atoms with van der Waals surface area (Å²) in [6, 6.07) is 12.5. The first-order valence-electron chi connectivity index (χ1n) is 10.8. The van der Waals surface area contributed by atoms with Gasteiger partial charge in [0.2, 0.25) is 15.9 Å². The van der Waals surface area contributed by atoms with Crippen molar-refractivity contribution in [2.75, 3.05) is 20.3 Å². The molecule has 0 saturated carbocycles. The van der Waals surface area contributed by atoms with Crippen LogP contribution in [-0.2, 0) is 14.8 Å². The molecule has 0 radical (unpaired) electrons. The second-order valence-electron chi connectivity index (χ2n) is 7.26. The Labute approximate surface area is 194 Å². The lowest BCUT2D eigenvalue weighted by molar-refractivity contribution is -0.121. The quantitative estimate of drug-likeness (QED) is 0.301. The van der Waals surface area contributed by atoms with Gasteiger partial charge in [-0.25, -0.2) is 13.1 Å². The molecule has 0 unspecified atom stereocenters. The van der Waals surface area contributed by atoms with E-state index in [2.05, 4.69) is 22.5 Å². The van der Waals surface area contributed by atoms with Crippen LogP contribution in [0, 0.1) is 0 Å². The SMILES string of the molecule is CCCCCCOc1ccc(C(=O)NNC(=O)CCNS(=O)(=O)c2ccc(OC)cc2)cc1. The fraction of sp³-hybridized carbons (Fsp3) is 0.391. The van der Waals surface area contributed by atoms with E-state index in [0.717, 1.165) is 12.8 Å². The summed E-state index contributed by atoms with van der Waals surface area (Å²) in [5.74, 6) is 0.189. The molecule has 33 heavy (non-hydrogen) atoms. The van der Waals surface area contributed by atoms with Crippen molar-refractivity contribution in [2.24, 2.45) is 0 Å². The van der Waals surface area contributed by atoms with Gasteiger partial charge in [-0.3, -0.25) is 20.4 Å². The van der Waals surface area contributed by atoms with Gasteiger partial charge < -0.3 is 9.47 Å². The zero-order chi connectivity index (χ0) is 24.1. The first-order valence-corrected chi connectivity index (χ1v) is 12.3. The first-order chi connectivity index (χ1) is 15.9. The molecule has 2 aromatic carbocycles.